The summed E-state index contributed by atoms with van der Waals surface area (Å²) >= 11 is 0. The maximum absolute atomic E-state index is 5.80. The summed E-state index contributed by atoms with van der Waals surface area (Å²) in [5.41, 5.74) is 0.858. The highest BCUT2D eigenvalue weighted by atomic mass is 16.5. The number of hydrogen-bond acceptors (Lipinski definition) is 5. The van der Waals surface area contributed by atoms with Crippen LogP contribution in [0, 0.1) is 0 Å². The Kier molecular flexibility index (Phi) is 5.58. The molecule has 1 aromatic carbocycles. The Morgan fingerprint density at radius 3 is 2.64 bits per heavy atom. The van der Waals surface area contributed by atoms with E-state index in [1.165, 1.54) is 0 Å². The molecule has 0 fully saturated rings. The summed E-state index contributed by atoms with van der Waals surface area (Å²) in [6.45, 7) is 8.27. The monoisotopic (exact) mass is 300 g/mol. The maximum Gasteiger partial charge on any atom is 0.229 e. The molecule has 0 aliphatic heterocycles. The van der Waals surface area contributed by atoms with Crippen LogP contribution in [0.15, 0.2) is 36.5 Å². The van der Waals surface area contributed by atoms with Gasteiger partial charge in [-0.2, -0.15) is 4.98 Å². The van der Waals surface area contributed by atoms with Gasteiger partial charge in [0, 0.05) is 12.2 Å². The summed E-state index contributed by atoms with van der Waals surface area (Å²) in [5, 5.41) is 6.56. The zero-order valence-electron chi connectivity index (χ0n) is 13.6. The van der Waals surface area contributed by atoms with Crippen molar-refractivity contribution in [2.75, 3.05) is 10.6 Å². The van der Waals surface area contributed by atoms with Gasteiger partial charge >= 0.3 is 0 Å². The molecule has 118 valence electrons. The van der Waals surface area contributed by atoms with Gasteiger partial charge in [0.1, 0.15) is 11.6 Å². The molecule has 1 unspecified atom stereocenters. The highest BCUT2D eigenvalue weighted by Gasteiger charge is 2.07. The third-order valence-electron chi connectivity index (χ3n) is 3.16. The molecule has 1 heterocycles. The number of aromatic nitrogens is 2. The minimum Gasteiger partial charge on any atom is -0.489 e. The van der Waals surface area contributed by atoms with Crippen molar-refractivity contribution in [1.29, 1.82) is 0 Å². The Balaban J connectivity index is 2.15. The van der Waals surface area contributed by atoms with Crippen molar-refractivity contribution in [3.63, 3.8) is 0 Å². The first kappa shape index (κ1) is 16.1. The predicted molar refractivity (Wildman–Crippen MR) is 90.9 cm³/mol. The summed E-state index contributed by atoms with van der Waals surface area (Å²) < 4.78 is 5.80. The number of nitrogens with one attached hydrogen (secondary N) is 2. The first-order chi connectivity index (χ1) is 10.6. The van der Waals surface area contributed by atoms with Crippen molar-refractivity contribution in [1.82, 2.24) is 9.97 Å². The Labute approximate surface area is 132 Å². The highest BCUT2D eigenvalue weighted by molar-refractivity contribution is 5.63. The molecule has 2 rings (SSSR count). The molecular weight excluding hydrogens is 276 g/mol. The first-order valence-electron chi connectivity index (χ1n) is 7.70. The van der Waals surface area contributed by atoms with Gasteiger partial charge in [-0.3, -0.25) is 0 Å². The van der Waals surface area contributed by atoms with Crippen LogP contribution in [0.1, 0.15) is 34.1 Å². The standard InChI is InChI=1S/C17H24N4O/c1-5-13(4)19-16-10-11-18-17(21-16)20-14-8-6-7-9-15(14)22-12(2)3/h6-13H,5H2,1-4H3,(H2,18,19,20,21). The molecular formula is C17H24N4O. The van der Waals surface area contributed by atoms with E-state index in [1.54, 1.807) is 6.20 Å². The van der Waals surface area contributed by atoms with E-state index < -0.39 is 0 Å². The molecule has 1 atom stereocenters. The Morgan fingerprint density at radius 1 is 1.14 bits per heavy atom. The van der Waals surface area contributed by atoms with E-state index in [2.05, 4.69) is 34.4 Å². The summed E-state index contributed by atoms with van der Waals surface area (Å²) in [4.78, 5) is 8.76. The number of nitrogens with zero attached hydrogens (tertiary/aromatic N) is 2. The van der Waals surface area contributed by atoms with Crippen LogP contribution in [0.2, 0.25) is 0 Å². The van der Waals surface area contributed by atoms with Crippen LogP contribution in [-0.4, -0.2) is 22.1 Å². The number of anilines is 3. The molecule has 0 saturated carbocycles. The highest BCUT2D eigenvalue weighted by Crippen LogP contribution is 2.27. The van der Waals surface area contributed by atoms with Crippen LogP contribution in [0.25, 0.3) is 0 Å². The van der Waals surface area contributed by atoms with Gasteiger partial charge in [-0.05, 0) is 45.4 Å². The SMILES string of the molecule is CCC(C)Nc1ccnc(Nc2ccccc2OC(C)C)n1. The number of para-hydroxylation sites is 2. The van der Waals surface area contributed by atoms with Crippen molar-refractivity contribution in [3.05, 3.63) is 36.5 Å². The van der Waals surface area contributed by atoms with Gasteiger partial charge in [0.2, 0.25) is 5.95 Å². The van der Waals surface area contributed by atoms with E-state index in [9.17, 15) is 0 Å². The average Bonchev–Trinajstić information content (AvgIpc) is 2.49. The van der Waals surface area contributed by atoms with Gasteiger partial charge in [0.25, 0.3) is 0 Å². The molecule has 5 heteroatoms. The van der Waals surface area contributed by atoms with E-state index in [0.717, 1.165) is 23.7 Å². The number of rotatable bonds is 7. The smallest absolute Gasteiger partial charge is 0.229 e. The average molecular weight is 300 g/mol. The van der Waals surface area contributed by atoms with Crippen LogP contribution in [0.4, 0.5) is 17.5 Å². The van der Waals surface area contributed by atoms with Gasteiger partial charge in [0.05, 0.1) is 11.8 Å². The Hall–Kier alpha value is -2.30. The predicted octanol–water partition coefficient (Wildman–Crippen LogP) is 4.22. The molecule has 2 aromatic rings. The first-order valence-corrected chi connectivity index (χ1v) is 7.70. The molecule has 0 spiro atoms. The van der Waals surface area contributed by atoms with Crippen LogP contribution < -0.4 is 15.4 Å². The van der Waals surface area contributed by atoms with Crippen molar-refractivity contribution in [2.24, 2.45) is 0 Å². The van der Waals surface area contributed by atoms with E-state index in [4.69, 9.17) is 4.74 Å². The second-order valence-electron chi connectivity index (χ2n) is 5.51. The van der Waals surface area contributed by atoms with Gasteiger partial charge in [-0.15, -0.1) is 0 Å². The van der Waals surface area contributed by atoms with Crippen molar-refractivity contribution in [3.8, 4) is 5.75 Å². The van der Waals surface area contributed by atoms with Gasteiger partial charge in [-0.1, -0.05) is 19.1 Å². The fourth-order valence-corrected chi connectivity index (χ4v) is 1.90. The molecule has 2 N–H and O–H groups in total. The molecule has 0 amide bonds. The molecule has 1 aromatic heterocycles. The second kappa shape index (κ2) is 7.64. The second-order valence-corrected chi connectivity index (χ2v) is 5.51. The third-order valence-corrected chi connectivity index (χ3v) is 3.16. The molecule has 0 bridgehead atoms. The lowest BCUT2D eigenvalue weighted by atomic mass is 10.2. The maximum atomic E-state index is 5.80. The minimum atomic E-state index is 0.113. The fraction of sp³-hybridized carbons (Fsp3) is 0.412. The Morgan fingerprint density at radius 2 is 1.91 bits per heavy atom. The minimum absolute atomic E-state index is 0.113. The summed E-state index contributed by atoms with van der Waals surface area (Å²) in [7, 11) is 0. The van der Waals surface area contributed by atoms with Crippen LogP contribution >= 0.6 is 0 Å². The Bertz CT molecular complexity index is 601. The lowest BCUT2D eigenvalue weighted by Gasteiger charge is -2.16. The third kappa shape index (κ3) is 4.62. The summed E-state index contributed by atoms with van der Waals surface area (Å²) in [6.07, 6.45) is 2.89. The molecule has 0 radical (unpaired) electrons. The van der Waals surface area contributed by atoms with Crippen LogP contribution in [-0.2, 0) is 0 Å². The number of benzene rings is 1. The van der Waals surface area contributed by atoms with Crippen molar-refractivity contribution in [2.45, 2.75) is 46.3 Å². The lowest BCUT2D eigenvalue weighted by Crippen LogP contribution is -2.15. The van der Waals surface area contributed by atoms with Crippen molar-refractivity contribution >= 4 is 17.5 Å². The zero-order valence-corrected chi connectivity index (χ0v) is 13.6. The van der Waals surface area contributed by atoms with E-state index >= 15 is 0 Å². The molecule has 0 aliphatic rings. The number of ether oxygens (including phenoxy) is 1. The number of hydrogen-bond donors (Lipinski definition) is 2. The van der Waals surface area contributed by atoms with Gasteiger partial charge in [-0.25, -0.2) is 4.98 Å². The lowest BCUT2D eigenvalue weighted by molar-refractivity contribution is 0.244. The van der Waals surface area contributed by atoms with Crippen molar-refractivity contribution < 1.29 is 4.74 Å². The normalized spacial score (nSPS) is 12.0. The van der Waals surface area contributed by atoms with E-state index in [1.807, 2.05) is 44.2 Å². The molecule has 0 saturated heterocycles. The summed E-state index contributed by atoms with van der Waals surface area (Å²) in [5.74, 6) is 2.16. The van der Waals surface area contributed by atoms with Gasteiger partial charge in [0.15, 0.2) is 0 Å². The molecule has 5 nitrogen and oxygen atoms in total. The summed E-state index contributed by atoms with van der Waals surface area (Å²) in [6, 6.07) is 10.0. The molecule has 22 heavy (non-hydrogen) atoms. The van der Waals surface area contributed by atoms with E-state index in [0.29, 0.717) is 12.0 Å². The largest absolute Gasteiger partial charge is 0.489 e. The quantitative estimate of drug-likeness (QED) is 0.802. The van der Waals surface area contributed by atoms with Gasteiger partial charge < -0.3 is 15.4 Å². The topological polar surface area (TPSA) is 59.1 Å². The fourth-order valence-electron chi connectivity index (χ4n) is 1.90. The zero-order chi connectivity index (χ0) is 15.9. The molecule has 0 aliphatic carbocycles. The van der Waals surface area contributed by atoms with E-state index in [-0.39, 0.29) is 6.10 Å². The van der Waals surface area contributed by atoms with Crippen LogP contribution in [0.3, 0.4) is 0 Å². The van der Waals surface area contributed by atoms with Crippen LogP contribution in [0.5, 0.6) is 5.75 Å².